The second kappa shape index (κ2) is 6.17. The van der Waals surface area contributed by atoms with Crippen LogP contribution in [0.1, 0.15) is 6.92 Å². The molecule has 0 aliphatic carbocycles. The average molecular weight is 239 g/mol. The molecule has 86 valence electrons. The lowest BCUT2D eigenvalue weighted by Crippen LogP contribution is -2.39. The second-order valence-corrected chi connectivity index (χ2v) is 4.28. The third kappa shape index (κ3) is 4.35. The van der Waals surface area contributed by atoms with Crippen molar-refractivity contribution in [3.63, 3.8) is 0 Å². The predicted molar refractivity (Wildman–Crippen MR) is 62.4 cm³/mol. The first-order chi connectivity index (χ1) is 7.59. The highest BCUT2D eigenvalue weighted by Crippen LogP contribution is 2.16. The van der Waals surface area contributed by atoms with Crippen molar-refractivity contribution in [3.8, 4) is 0 Å². The van der Waals surface area contributed by atoms with Gasteiger partial charge in [-0.2, -0.15) is 0 Å². The third-order valence-electron chi connectivity index (χ3n) is 1.86. The number of hydrogen-bond donors (Lipinski definition) is 2. The summed E-state index contributed by atoms with van der Waals surface area (Å²) in [6.07, 6.45) is 0. The van der Waals surface area contributed by atoms with E-state index in [4.69, 9.17) is 5.11 Å². The lowest BCUT2D eigenvalue weighted by Gasteiger charge is -2.08. The molecule has 0 fully saturated rings. The highest BCUT2D eigenvalue weighted by Gasteiger charge is 2.13. The summed E-state index contributed by atoms with van der Waals surface area (Å²) in [7, 11) is 0. The van der Waals surface area contributed by atoms with Crippen LogP contribution in [0.25, 0.3) is 0 Å². The van der Waals surface area contributed by atoms with Crippen molar-refractivity contribution in [3.05, 3.63) is 30.3 Å². The SMILES string of the molecule is C[C@H](NC(=O)CSc1ccccc1)C(=O)O. The van der Waals surface area contributed by atoms with Crippen molar-refractivity contribution in [1.29, 1.82) is 0 Å². The van der Waals surface area contributed by atoms with Gasteiger partial charge in [-0.05, 0) is 19.1 Å². The van der Waals surface area contributed by atoms with Gasteiger partial charge in [-0.3, -0.25) is 9.59 Å². The summed E-state index contributed by atoms with van der Waals surface area (Å²) in [6, 6.07) is 8.64. The first-order valence-corrected chi connectivity index (χ1v) is 5.78. The molecule has 0 aromatic heterocycles. The predicted octanol–water partition coefficient (Wildman–Crippen LogP) is 1.37. The maximum atomic E-state index is 11.3. The van der Waals surface area contributed by atoms with Crippen LogP contribution in [-0.4, -0.2) is 28.8 Å². The summed E-state index contributed by atoms with van der Waals surface area (Å²) in [6.45, 7) is 1.44. The largest absolute Gasteiger partial charge is 0.480 e. The minimum Gasteiger partial charge on any atom is -0.480 e. The van der Waals surface area contributed by atoms with Gasteiger partial charge in [-0.15, -0.1) is 11.8 Å². The van der Waals surface area contributed by atoms with Gasteiger partial charge in [-0.1, -0.05) is 18.2 Å². The topological polar surface area (TPSA) is 66.4 Å². The molecule has 1 aromatic rings. The van der Waals surface area contributed by atoms with Gasteiger partial charge < -0.3 is 10.4 Å². The fraction of sp³-hybridized carbons (Fsp3) is 0.273. The van der Waals surface area contributed by atoms with Crippen molar-refractivity contribution in [2.45, 2.75) is 17.9 Å². The molecule has 0 saturated heterocycles. The molecule has 0 aliphatic rings. The Kier molecular flexibility index (Phi) is 4.85. The normalized spacial score (nSPS) is 11.8. The zero-order valence-electron chi connectivity index (χ0n) is 8.84. The van der Waals surface area contributed by atoms with Gasteiger partial charge in [-0.25, -0.2) is 0 Å². The summed E-state index contributed by atoms with van der Waals surface area (Å²) in [4.78, 5) is 22.8. The number of carbonyl (C=O) groups is 2. The number of amides is 1. The summed E-state index contributed by atoms with van der Waals surface area (Å²) in [5, 5.41) is 11.0. The van der Waals surface area contributed by atoms with E-state index in [0.717, 1.165) is 4.90 Å². The highest BCUT2D eigenvalue weighted by molar-refractivity contribution is 8.00. The Morgan fingerprint density at radius 3 is 2.56 bits per heavy atom. The molecule has 1 rings (SSSR count). The van der Waals surface area contributed by atoms with Gasteiger partial charge in [0.25, 0.3) is 0 Å². The molecule has 1 atom stereocenters. The number of carboxylic acid groups (broad SMARTS) is 1. The molecule has 4 nitrogen and oxygen atoms in total. The van der Waals surface area contributed by atoms with Crippen LogP contribution in [0.4, 0.5) is 0 Å². The van der Waals surface area contributed by atoms with E-state index in [2.05, 4.69) is 5.32 Å². The van der Waals surface area contributed by atoms with Crippen molar-refractivity contribution in [1.82, 2.24) is 5.32 Å². The molecule has 0 bridgehead atoms. The molecule has 0 radical (unpaired) electrons. The Morgan fingerprint density at radius 2 is 2.00 bits per heavy atom. The highest BCUT2D eigenvalue weighted by atomic mass is 32.2. The van der Waals surface area contributed by atoms with Crippen LogP contribution >= 0.6 is 11.8 Å². The van der Waals surface area contributed by atoms with E-state index in [-0.39, 0.29) is 11.7 Å². The molecule has 2 N–H and O–H groups in total. The molecule has 0 unspecified atom stereocenters. The maximum Gasteiger partial charge on any atom is 0.325 e. The Bertz CT molecular complexity index is 367. The molecule has 1 amide bonds. The summed E-state index contributed by atoms with van der Waals surface area (Å²) in [5.41, 5.74) is 0. The lowest BCUT2D eigenvalue weighted by molar-refractivity contribution is -0.140. The Labute approximate surface area is 98.0 Å². The van der Waals surface area contributed by atoms with Crippen LogP contribution in [0.15, 0.2) is 35.2 Å². The van der Waals surface area contributed by atoms with Crippen molar-refractivity contribution in [2.75, 3.05) is 5.75 Å². The molecule has 16 heavy (non-hydrogen) atoms. The first-order valence-electron chi connectivity index (χ1n) is 4.79. The molecule has 0 aliphatic heterocycles. The number of carboxylic acids is 1. The minimum atomic E-state index is -1.03. The molecule has 5 heteroatoms. The molecular formula is C11H13NO3S. The van der Waals surface area contributed by atoms with E-state index in [0.29, 0.717) is 0 Å². The van der Waals surface area contributed by atoms with Crippen molar-refractivity contribution < 1.29 is 14.7 Å². The van der Waals surface area contributed by atoms with Crippen LogP contribution in [0, 0.1) is 0 Å². The first kappa shape index (κ1) is 12.6. The van der Waals surface area contributed by atoms with Gasteiger partial charge in [0.1, 0.15) is 6.04 Å². The van der Waals surface area contributed by atoms with Crippen LogP contribution in [0.2, 0.25) is 0 Å². The maximum absolute atomic E-state index is 11.3. The van der Waals surface area contributed by atoms with Crippen LogP contribution < -0.4 is 5.32 Å². The summed E-state index contributed by atoms with van der Waals surface area (Å²) in [5.74, 6) is -1.08. The Morgan fingerprint density at radius 1 is 1.38 bits per heavy atom. The van der Waals surface area contributed by atoms with E-state index in [1.807, 2.05) is 30.3 Å². The smallest absolute Gasteiger partial charge is 0.325 e. The van der Waals surface area contributed by atoms with E-state index in [1.165, 1.54) is 18.7 Å². The second-order valence-electron chi connectivity index (χ2n) is 3.23. The third-order valence-corrected chi connectivity index (χ3v) is 2.87. The molecular weight excluding hydrogens is 226 g/mol. The number of nitrogens with one attached hydrogen (secondary N) is 1. The van der Waals surface area contributed by atoms with E-state index >= 15 is 0 Å². The average Bonchev–Trinajstić information content (AvgIpc) is 2.27. The standard InChI is InChI=1S/C11H13NO3S/c1-8(11(14)15)12-10(13)7-16-9-5-3-2-4-6-9/h2-6,8H,7H2,1H3,(H,12,13)(H,14,15)/t8-/m0/s1. The lowest BCUT2D eigenvalue weighted by atomic mass is 10.3. The molecule has 1 aromatic carbocycles. The zero-order chi connectivity index (χ0) is 12.0. The summed E-state index contributed by atoms with van der Waals surface area (Å²) < 4.78 is 0. The van der Waals surface area contributed by atoms with Gasteiger partial charge in [0.2, 0.25) is 5.91 Å². The van der Waals surface area contributed by atoms with Crippen molar-refractivity contribution >= 4 is 23.6 Å². The number of carbonyl (C=O) groups excluding carboxylic acids is 1. The number of hydrogen-bond acceptors (Lipinski definition) is 3. The number of thioether (sulfide) groups is 1. The van der Waals surface area contributed by atoms with Crippen LogP contribution in [0.5, 0.6) is 0 Å². The van der Waals surface area contributed by atoms with E-state index in [1.54, 1.807) is 0 Å². The van der Waals surface area contributed by atoms with Gasteiger partial charge in [0.05, 0.1) is 5.75 Å². The van der Waals surface area contributed by atoms with Crippen LogP contribution in [-0.2, 0) is 9.59 Å². The molecule has 0 spiro atoms. The number of benzene rings is 1. The van der Waals surface area contributed by atoms with Gasteiger partial charge in [0.15, 0.2) is 0 Å². The van der Waals surface area contributed by atoms with E-state index < -0.39 is 12.0 Å². The van der Waals surface area contributed by atoms with E-state index in [9.17, 15) is 9.59 Å². The van der Waals surface area contributed by atoms with Gasteiger partial charge >= 0.3 is 5.97 Å². The molecule has 0 saturated carbocycles. The number of aliphatic carboxylic acids is 1. The van der Waals surface area contributed by atoms with Crippen molar-refractivity contribution in [2.24, 2.45) is 0 Å². The fourth-order valence-corrected chi connectivity index (χ4v) is 1.74. The van der Waals surface area contributed by atoms with Gasteiger partial charge in [0, 0.05) is 4.90 Å². The zero-order valence-corrected chi connectivity index (χ0v) is 9.66. The fourth-order valence-electron chi connectivity index (χ4n) is 1.01. The summed E-state index contributed by atoms with van der Waals surface area (Å²) >= 11 is 1.38. The Hall–Kier alpha value is -1.49. The van der Waals surface area contributed by atoms with Crippen LogP contribution in [0.3, 0.4) is 0 Å². The quantitative estimate of drug-likeness (QED) is 0.762. The minimum absolute atomic E-state index is 0.224. The monoisotopic (exact) mass is 239 g/mol. The Balaban J connectivity index is 2.33. The molecule has 0 heterocycles. The number of rotatable bonds is 5.